The minimum atomic E-state index is -0.566. The first-order chi connectivity index (χ1) is 16.9. The second-order valence-corrected chi connectivity index (χ2v) is 8.93. The Labute approximate surface area is 206 Å². The molecule has 35 heavy (non-hydrogen) atoms. The lowest BCUT2D eigenvalue weighted by molar-refractivity contribution is -0.120. The molecule has 0 saturated heterocycles. The van der Waals surface area contributed by atoms with Crippen LogP contribution < -0.4 is 10.9 Å². The van der Waals surface area contributed by atoms with Crippen LogP contribution in [0.15, 0.2) is 64.8 Å². The fourth-order valence-corrected chi connectivity index (χ4v) is 4.65. The Morgan fingerprint density at radius 1 is 1.14 bits per heavy atom. The highest BCUT2D eigenvalue weighted by Gasteiger charge is 2.26. The number of anilines is 1. The summed E-state index contributed by atoms with van der Waals surface area (Å²) in [6.07, 6.45) is 0. The van der Waals surface area contributed by atoms with Gasteiger partial charge in [-0.2, -0.15) is 0 Å². The van der Waals surface area contributed by atoms with Gasteiger partial charge >= 0.3 is 5.97 Å². The number of rotatable bonds is 8. The van der Waals surface area contributed by atoms with Crippen LogP contribution in [0.4, 0.5) is 5.00 Å². The number of esters is 1. The number of carbonyl (C=O) groups is 2. The van der Waals surface area contributed by atoms with E-state index in [1.165, 1.54) is 11.3 Å². The molecule has 0 unspecified atom stereocenters. The number of para-hydroxylation sites is 1. The Hall–Kier alpha value is -3.82. The standard InChI is InChI=1S/C26H26N4O4S/c1-4-34-26(33)22-19(17-10-6-5-7-11-17)15-35-25(22)29-23(31)16(2)30(3)14-21-27-20-13-9-8-12-18(20)24(32)28-21/h5-13,15-16H,4,14H2,1-3H3,(H,29,31)(H,27,28,32)/t16-/m0/s1. The number of nitrogens with one attached hydrogen (secondary N) is 2. The molecule has 1 amide bonds. The van der Waals surface area contributed by atoms with Crippen molar-refractivity contribution in [3.8, 4) is 11.1 Å². The number of likely N-dealkylation sites (N-methyl/N-ethyl adjacent to an activating group) is 1. The molecule has 1 atom stereocenters. The molecule has 180 valence electrons. The van der Waals surface area contributed by atoms with Crippen molar-refractivity contribution in [3.05, 3.63) is 81.7 Å². The third-order valence-corrected chi connectivity index (χ3v) is 6.59. The summed E-state index contributed by atoms with van der Waals surface area (Å²) in [4.78, 5) is 47.3. The monoisotopic (exact) mass is 490 g/mol. The number of nitrogens with zero attached hydrogens (tertiary/aromatic N) is 2. The molecule has 0 aliphatic rings. The molecule has 2 N–H and O–H groups in total. The largest absolute Gasteiger partial charge is 0.462 e. The topological polar surface area (TPSA) is 104 Å². The molecule has 2 aromatic heterocycles. The van der Waals surface area contributed by atoms with E-state index in [9.17, 15) is 14.4 Å². The summed E-state index contributed by atoms with van der Waals surface area (Å²) in [5.41, 5.74) is 2.30. The highest BCUT2D eigenvalue weighted by atomic mass is 32.1. The summed E-state index contributed by atoms with van der Waals surface area (Å²) < 4.78 is 5.27. The number of ether oxygens (including phenoxy) is 1. The van der Waals surface area contributed by atoms with Crippen molar-refractivity contribution >= 4 is 39.1 Å². The number of hydrogen-bond acceptors (Lipinski definition) is 7. The van der Waals surface area contributed by atoms with Crippen molar-refractivity contribution in [3.63, 3.8) is 0 Å². The molecule has 0 saturated carbocycles. The van der Waals surface area contributed by atoms with Crippen molar-refractivity contribution in [2.24, 2.45) is 0 Å². The van der Waals surface area contributed by atoms with Gasteiger partial charge in [0.2, 0.25) is 5.91 Å². The number of carbonyl (C=O) groups excluding carboxylic acids is 2. The molecule has 0 bridgehead atoms. The number of aromatic nitrogens is 2. The first-order valence-electron chi connectivity index (χ1n) is 11.2. The highest BCUT2D eigenvalue weighted by Crippen LogP contribution is 2.36. The fourth-order valence-electron chi connectivity index (χ4n) is 3.69. The Bertz CT molecular complexity index is 1410. The van der Waals surface area contributed by atoms with E-state index in [0.29, 0.717) is 32.9 Å². The predicted molar refractivity (Wildman–Crippen MR) is 138 cm³/mol. The van der Waals surface area contributed by atoms with E-state index in [-0.39, 0.29) is 24.6 Å². The van der Waals surface area contributed by atoms with E-state index in [4.69, 9.17) is 4.74 Å². The van der Waals surface area contributed by atoms with E-state index in [2.05, 4.69) is 15.3 Å². The lowest BCUT2D eigenvalue weighted by atomic mass is 10.0. The fraction of sp³-hybridized carbons (Fsp3) is 0.231. The molecular weight excluding hydrogens is 464 g/mol. The minimum absolute atomic E-state index is 0.220. The Morgan fingerprint density at radius 2 is 1.86 bits per heavy atom. The van der Waals surface area contributed by atoms with Gasteiger partial charge in [0.15, 0.2) is 0 Å². The van der Waals surface area contributed by atoms with Crippen LogP contribution in [-0.4, -0.2) is 46.4 Å². The van der Waals surface area contributed by atoms with Gasteiger partial charge in [0.25, 0.3) is 5.56 Å². The number of thiophene rings is 1. The zero-order valence-corrected chi connectivity index (χ0v) is 20.5. The molecule has 2 aromatic carbocycles. The van der Waals surface area contributed by atoms with Gasteiger partial charge in [-0.25, -0.2) is 9.78 Å². The number of aromatic amines is 1. The predicted octanol–water partition coefficient (Wildman–Crippen LogP) is 4.29. The molecule has 0 aliphatic carbocycles. The number of H-pyrrole nitrogens is 1. The van der Waals surface area contributed by atoms with Gasteiger partial charge in [-0.05, 0) is 38.6 Å². The summed E-state index contributed by atoms with van der Waals surface area (Å²) in [7, 11) is 1.77. The third-order valence-electron chi connectivity index (χ3n) is 5.69. The molecular formula is C26H26N4O4S. The van der Waals surface area contributed by atoms with E-state index in [1.54, 1.807) is 44.0 Å². The molecule has 8 nitrogen and oxygen atoms in total. The summed E-state index contributed by atoms with van der Waals surface area (Å²) in [5.74, 6) is -0.310. The van der Waals surface area contributed by atoms with Crippen molar-refractivity contribution < 1.29 is 14.3 Å². The Kier molecular flexibility index (Phi) is 7.38. The summed E-state index contributed by atoms with van der Waals surface area (Å²) in [5, 5.41) is 5.69. The van der Waals surface area contributed by atoms with Gasteiger partial charge < -0.3 is 15.0 Å². The molecule has 0 spiro atoms. The summed E-state index contributed by atoms with van der Waals surface area (Å²) in [6.45, 7) is 3.99. The molecule has 0 radical (unpaired) electrons. The third kappa shape index (κ3) is 5.31. The van der Waals surface area contributed by atoms with Gasteiger partial charge in [0, 0.05) is 10.9 Å². The van der Waals surface area contributed by atoms with Crippen LogP contribution in [0, 0.1) is 0 Å². The van der Waals surface area contributed by atoms with Crippen LogP contribution in [0.1, 0.15) is 30.0 Å². The van der Waals surface area contributed by atoms with E-state index < -0.39 is 12.0 Å². The van der Waals surface area contributed by atoms with Gasteiger partial charge in [-0.15, -0.1) is 11.3 Å². The minimum Gasteiger partial charge on any atom is -0.462 e. The van der Waals surface area contributed by atoms with Crippen LogP contribution in [0.2, 0.25) is 0 Å². The maximum atomic E-state index is 13.1. The van der Waals surface area contributed by atoms with Gasteiger partial charge in [0.05, 0.1) is 30.1 Å². The van der Waals surface area contributed by atoms with Crippen LogP contribution in [0.25, 0.3) is 22.0 Å². The molecule has 4 aromatic rings. The summed E-state index contributed by atoms with van der Waals surface area (Å²) in [6, 6.07) is 16.0. The average molecular weight is 491 g/mol. The van der Waals surface area contributed by atoms with E-state index in [0.717, 1.165) is 5.56 Å². The van der Waals surface area contributed by atoms with Gasteiger partial charge in [-0.3, -0.25) is 14.5 Å². The normalized spacial score (nSPS) is 12.0. The zero-order chi connectivity index (χ0) is 24.9. The van der Waals surface area contributed by atoms with Crippen LogP contribution in [0.5, 0.6) is 0 Å². The average Bonchev–Trinajstić information content (AvgIpc) is 3.27. The van der Waals surface area contributed by atoms with Crippen LogP contribution in [0.3, 0.4) is 0 Å². The van der Waals surface area contributed by atoms with Crippen molar-refractivity contribution in [2.45, 2.75) is 26.4 Å². The molecule has 2 heterocycles. The van der Waals surface area contributed by atoms with Crippen molar-refractivity contribution in [1.29, 1.82) is 0 Å². The second-order valence-electron chi connectivity index (χ2n) is 8.05. The molecule has 9 heteroatoms. The first-order valence-corrected chi connectivity index (χ1v) is 12.1. The maximum absolute atomic E-state index is 13.1. The number of benzene rings is 2. The van der Waals surface area contributed by atoms with Crippen molar-refractivity contribution in [2.75, 3.05) is 19.0 Å². The quantitative estimate of drug-likeness (QED) is 0.357. The smallest absolute Gasteiger partial charge is 0.341 e. The number of hydrogen-bond donors (Lipinski definition) is 2. The first kappa shape index (κ1) is 24.3. The van der Waals surface area contributed by atoms with Crippen molar-refractivity contribution in [1.82, 2.24) is 14.9 Å². The molecule has 4 rings (SSSR count). The van der Waals surface area contributed by atoms with Gasteiger partial charge in [-0.1, -0.05) is 42.5 Å². The van der Waals surface area contributed by atoms with E-state index in [1.807, 2.05) is 41.8 Å². The zero-order valence-electron chi connectivity index (χ0n) is 19.7. The van der Waals surface area contributed by atoms with E-state index >= 15 is 0 Å². The highest BCUT2D eigenvalue weighted by molar-refractivity contribution is 7.15. The Balaban J connectivity index is 1.53. The van der Waals surface area contributed by atoms with Crippen LogP contribution in [-0.2, 0) is 16.1 Å². The summed E-state index contributed by atoms with van der Waals surface area (Å²) >= 11 is 1.28. The SMILES string of the molecule is CCOC(=O)c1c(-c2ccccc2)csc1NC(=O)[C@H](C)N(C)Cc1nc2ccccc2c(=O)[nH]1. The lowest BCUT2D eigenvalue weighted by Gasteiger charge is -2.23. The lowest BCUT2D eigenvalue weighted by Crippen LogP contribution is -2.39. The molecule has 0 fully saturated rings. The molecule has 0 aliphatic heterocycles. The number of amides is 1. The second kappa shape index (κ2) is 10.6. The maximum Gasteiger partial charge on any atom is 0.341 e. The Morgan fingerprint density at radius 3 is 2.60 bits per heavy atom. The van der Waals surface area contributed by atoms with Gasteiger partial charge in [0.1, 0.15) is 16.4 Å². The number of fused-ring (bicyclic) bond motifs is 1. The van der Waals surface area contributed by atoms with Crippen LogP contribution >= 0.6 is 11.3 Å².